The molecule has 0 unspecified atom stereocenters. The second kappa shape index (κ2) is 4.65. The molecule has 1 aromatic carbocycles. The fourth-order valence-corrected chi connectivity index (χ4v) is 2.66. The van der Waals surface area contributed by atoms with Gasteiger partial charge in [-0.3, -0.25) is 0 Å². The number of nitrogens with zero attached hydrogens (tertiary/aromatic N) is 4. The molecule has 19 heavy (non-hydrogen) atoms. The third-order valence-corrected chi connectivity index (χ3v) is 3.28. The number of fused-ring (bicyclic) bond motifs is 1. The van der Waals surface area contributed by atoms with E-state index in [0.717, 1.165) is 10.0 Å². The monoisotopic (exact) mass is 332 g/mol. The topological polar surface area (TPSA) is 54.0 Å². The van der Waals surface area contributed by atoms with Crippen LogP contribution < -0.4 is 0 Å². The van der Waals surface area contributed by atoms with Gasteiger partial charge in [0.25, 0.3) is 0 Å². The van der Waals surface area contributed by atoms with Crippen molar-refractivity contribution in [2.45, 2.75) is 0 Å². The minimum absolute atomic E-state index is 0.488. The van der Waals surface area contributed by atoms with Gasteiger partial charge in [-0.1, -0.05) is 27.5 Å². The highest BCUT2D eigenvalue weighted by Crippen LogP contribution is 2.26. The van der Waals surface area contributed by atoms with E-state index in [-0.39, 0.29) is 0 Å². The number of benzene rings is 1. The van der Waals surface area contributed by atoms with Crippen molar-refractivity contribution in [1.29, 1.82) is 5.26 Å². The summed E-state index contributed by atoms with van der Waals surface area (Å²) in [6.45, 7) is 0. The number of rotatable bonds is 1. The molecule has 0 aliphatic rings. The van der Waals surface area contributed by atoms with Crippen LogP contribution in [-0.2, 0) is 0 Å². The van der Waals surface area contributed by atoms with Crippen LogP contribution in [0.15, 0.2) is 41.0 Å². The first-order valence-electron chi connectivity index (χ1n) is 5.39. The smallest absolute Gasteiger partial charge is 0.182 e. The van der Waals surface area contributed by atoms with Crippen molar-refractivity contribution in [2.75, 3.05) is 0 Å². The van der Waals surface area contributed by atoms with Gasteiger partial charge in [0, 0.05) is 21.3 Å². The van der Waals surface area contributed by atoms with E-state index < -0.39 is 0 Å². The molecule has 0 saturated heterocycles. The number of hydrogen-bond acceptors (Lipinski definition) is 3. The minimum atomic E-state index is 0.488. The maximum atomic E-state index is 9.04. The summed E-state index contributed by atoms with van der Waals surface area (Å²) in [6.07, 6.45) is 1.76. The number of aromatic nitrogens is 3. The van der Waals surface area contributed by atoms with Crippen molar-refractivity contribution in [3.8, 4) is 17.5 Å². The van der Waals surface area contributed by atoms with Crippen LogP contribution in [0, 0.1) is 11.3 Å². The Morgan fingerprint density at radius 1 is 1.32 bits per heavy atom. The van der Waals surface area contributed by atoms with E-state index in [1.807, 2.05) is 6.07 Å². The Balaban J connectivity index is 2.24. The van der Waals surface area contributed by atoms with Crippen molar-refractivity contribution >= 4 is 33.2 Å². The van der Waals surface area contributed by atoms with Crippen LogP contribution in [0.2, 0.25) is 5.02 Å². The lowest BCUT2D eigenvalue weighted by Gasteiger charge is -1.97. The van der Waals surface area contributed by atoms with E-state index in [9.17, 15) is 0 Å². The van der Waals surface area contributed by atoms with Gasteiger partial charge < -0.3 is 0 Å². The summed E-state index contributed by atoms with van der Waals surface area (Å²) in [6, 6.07) is 11.0. The molecule has 3 aromatic rings. The number of nitriles is 1. The molecule has 92 valence electrons. The van der Waals surface area contributed by atoms with Crippen molar-refractivity contribution in [3.63, 3.8) is 0 Å². The summed E-state index contributed by atoms with van der Waals surface area (Å²) in [4.78, 5) is 4.39. The standard InChI is InChI=1S/C13H6BrClN4/c14-10-4-9(5-11(15)6-10)12-17-13-8(7-16)2-1-3-19(13)18-12/h1-6H. The van der Waals surface area contributed by atoms with E-state index in [1.165, 1.54) is 0 Å². The maximum absolute atomic E-state index is 9.04. The highest BCUT2D eigenvalue weighted by molar-refractivity contribution is 9.10. The first-order chi connectivity index (χ1) is 9.17. The fraction of sp³-hybridized carbons (Fsp3) is 0. The molecule has 6 heteroatoms. The van der Waals surface area contributed by atoms with E-state index in [0.29, 0.717) is 22.1 Å². The molecule has 0 amide bonds. The molecule has 4 nitrogen and oxygen atoms in total. The van der Waals surface area contributed by atoms with Gasteiger partial charge in [0.2, 0.25) is 0 Å². The molecular weight excluding hydrogens is 328 g/mol. The van der Waals surface area contributed by atoms with Crippen molar-refractivity contribution < 1.29 is 0 Å². The Hall–Kier alpha value is -1.90. The predicted octanol–water partition coefficient (Wildman–Crippen LogP) is 3.68. The molecule has 0 bridgehead atoms. The molecule has 0 fully saturated rings. The predicted molar refractivity (Wildman–Crippen MR) is 75.8 cm³/mol. The van der Waals surface area contributed by atoms with E-state index in [1.54, 1.807) is 35.0 Å². The molecule has 2 aromatic heterocycles. The first-order valence-corrected chi connectivity index (χ1v) is 6.56. The Morgan fingerprint density at radius 3 is 2.89 bits per heavy atom. The Morgan fingerprint density at radius 2 is 2.16 bits per heavy atom. The van der Waals surface area contributed by atoms with Crippen molar-refractivity contribution in [2.24, 2.45) is 0 Å². The molecular formula is C13H6BrClN4. The molecule has 0 atom stereocenters. The summed E-state index contributed by atoms with van der Waals surface area (Å²) >= 11 is 9.40. The fourth-order valence-electron chi connectivity index (χ4n) is 1.80. The molecule has 0 saturated carbocycles. The average molecular weight is 334 g/mol. The zero-order valence-electron chi connectivity index (χ0n) is 9.51. The third-order valence-electron chi connectivity index (χ3n) is 2.60. The third kappa shape index (κ3) is 2.21. The van der Waals surface area contributed by atoms with E-state index in [4.69, 9.17) is 16.9 Å². The van der Waals surface area contributed by atoms with Gasteiger partial charge in [-0.25, -0.2) is 9.50 Å². The first kappa shape index (κ1) is 12.2. The number of pyridine rings is 1. The van der Waals surface area contributed by atoms with Crippen LogP contribution in [0.25, 0.3) is 17.0 Å². The average Bonchev–Trinajstić information content (AvgIpc) is 2.81. The van der Waals surface area contributed by atoms with Gasteiger partial charge >= 0.3 is 0 Å². The molecule has 0 spiro atoms. The molecule has 0 N–H and O–H groups in total. The summed E-state index contributed by atoms with van der Waals surface area (Å²) in [7, 11) is 0. The van der Waals surface area contributed by atoms with Crippen LogP contribution in [0.3, 0.4) is 0 Å². The van der Waals surface area contributed by atoms with Gasteiger partial charge in [-0.05, 0) is 30.3 Å². The highest BCUT2D eigenvalue weighted by Gasteiger charge is 2.10. The second-order valence-corrected chi connectivity index (χ2v) is 5.25. The van der Waals surface area contributed by atoms with Crippen LogP contribution >= 0.6 is 27.5 Å². The minimum Gasteiger partial charge on any atom is -0.219 e. The van der Waals surface area contributed by atoms with E-state index in [2.05, 4.69) is 32.1 Å². The Labute approximate surface area is 122 Å². The van der Waals surface area contributed by atoms with Crippen LogP contribution in [0.4, 0.5) is 0 Å². The van der Waals surface area contributed by atoms with E-state index >= 15 is 0 Å². The van der Waals surface area contributed by atoms with Gasteiger partial charge in [-0.15, -0.1) is 5.10 Å². The van der Waals surface area contributed by atoms with Gasteiger partial charge in [0.05, 0.1) is 5.56 Å². The van der Waals surface area contributed by atoms with Gasteiger partial charge in [0.15, 0.2) is 11.5 Å². The largest absolute Gasteiger partial charge is 0.219 e. The summed E-state index contributed by atoms with van der Waals surface area (Å²) in [5, 5.41) is 14.0. The van der Waals surface area contributed by atoms with Gasteiger partial charge in [0.1, 0.15) is 6.07 Å². The summed E-state index contributed by atoms with van der Waals surface area (Å²) in [5.41, 5.74) is 1.82. The highest BCUT2D eigenvalue weighted by atomic mass is 79.9. The van der Waals surface area contributed by atoms with Crippen LogP contribution in [0.5, 0.6) is 0 Å². The Bertz CT molecular complexity index is 799. The number of hydrogen-bond donors (Lipinski definition) is 0. The summed E-state index contributed by atoms with van der Waals surface area (Å²) in [5.74, 6) is 0.533. The second-order valence-electron chi connectivity index (χ2n) is 3.90. The van der Waals surface area contributed by atoms with Crippen molar-refractivity contribution in [3.05, 3.63) is 51.6 Å². The maximum Gasteiger partial charge on any atom is 0.182 e. The zero-order valence-corrected chi connectivity index (χ0v) is 11.9. The molecule has 0 aliphatic carbocycles. The van der Waals surface area contributed by atoms with Crippen LogP contribution in [-0.4, -0.2) is 14.6 Å². The molecule has 0 radical (unpaired) electrons. The summed E-state index contributed by atoms with van der Waals surface area (Å²) < 4.78 is 2.44. The molecule has 3 rings (SSSR count). The molecule has 0 aliphatic heterocycles. The normalized spacial score (nSPS) is 10.6. The zero-order chi connectivity index (χ0) is 13.4. The van der Waals surface area contributed by atoms with Gasteiger partial charge in [-0.2, -0.15) is 5.26 Å². The molecule has 2 heterocycles. The quantitative estimate of drug-likeness (QED) is 0.682. The SMILES string of the molecule is N#Cc1cccn2nc(-c3cc(Cl)cc(Br)c3)nc12. The lowest BCUT2D eigenvalue weighted by molar-refractivity contribution is 0.963. The lowest BCUT2D eigenvalue weighted by atomic mass is 10.2. The van der Waals surface area contributed by atoms with Crippen molar-refractivity contribution in [1.82, 2.24) is 14.6 Å². The lowest BCUT2D eigenvalue weighted by Crippen LogP contribution is -1.88. The number of halogens is 2. The Kier molecular flexibility index (Phi) is 2.97. The van der Waals surface area contributed by atoms with Crippen LogP contribution in [0.1, 0.15) is 5.56 Å².